The van der Waals surface area contributed by atoms with Crippen molar-refractivity contribution in [3.63, 3.8) is 0 Å². The zero-order chi connectivity index (χ0) is 25.6. The van der Waals surface area contributed by atoms with Gasteiger partial charge in [0.25, 0.3) is 6.10 Å². The number of rotatable bonds is 3. The molecule has 0 aromatic heterocycles. The fourth-order valence-corrected chi connectivity index (χ4v) is 8.63. The van der Waals surface area contributed by atoms with E-state index < -0.39 is 75.1 Å². The Hall–Kier alpha value is -2.00. The van der Waals surface area contributed by atoms with E-state index in [1.807, 2.05) is 0 Å². The molecule has 1 unspecified atom stereocenters. The van der Waals surface area contributed by atoms with Gasteiger partial charge in [-0.1, -0.05) is 32.1 Å². The van der Waals surface area contributed by atoms with Crippen LogP contribution in [0.15, 0.2) is 36.1 Å². The number of carbonyl (C=O) groups excluding carboxylic acids is 3. The van der Waals surface area contributed by atoms with E-state index in [0.717, 1.165) is 12.3 Å². The number of halogens is 2. The molecule has 9 heteroatoms. The summed E-state index contributed by atoms with van der Waals surface area (Å²) in [6.45, 7) is 5.01. The Labute approximate surface area is 208 Å². The number of carbonyl (C=O) groups is 3. The third-order valence-electron chi connectivity index (χ3n) is 9.71. The molecule has 1 N–H and O–H groups in total. The molecule has 0 spiro atoms. The van der Waals surface area contributed by atoms with Crippen molar-refractivity contribution in [3.8, 4) is 0 Å². The summed E-state index contributed by atoms with van der Waals surface area (Å²) in [6, 6.07) is 0. The lowest BCUT2D eigenvalue weighted by molar-refractivity contribution is -0.230. The van der Waals surface area contributed by atoms with E-state index in [9.17, 15) is 19.5 Å². The molecule has 0 saturated heterocycles. The highest BCUT2D eigenvalue weighted by Gasteiger charge is 2.78. The van der Waals surface area contributed by atoms with Crippen molar-refractivity contribution in [2.75, 3.05) is 0 Å². The van der Waals surface area contributed by atoms with Crippen molar-refractivity contribution < 1.29 is 37.7 Å². The normalized spacial score (nSPS) is 50.0. The maximum Gasteiger partial charge on any atom is 0.356 e. The number of fused-ring (bicyclic) bond motifs is 5. The highest BCUT2D eigenvalue weighted by Crippen LogP contribution is 2.71. The van der Waals surface area contributed by atoms with Crippen molar-refractivity contribution in [1.29, 1.82) is 0 Å². The number of hydrogen-bond donors (Lipinski definition) is 2. The first-order chi connectivity index (χ1) is 16.3. The van der Waals surface area contributed by atoms with E-state index in [0.29, 0.717) is 12.0 Å². The average molecular weight is 509 g/mol. The Morgan fingerprint density at radius 2 is 1.97 bits per heavy atom. The molecule has 10 atom stereocenters. The van der Waals surface area contributed by atoms with Crippen LogP contribution in [0.1, 0.15) is 46.5 Å². The highest BCUT2D eigenvalue weighted by molar-refractivity contribution is 7.96. The van der Waals surface area contributed by atoms with Gasteiger partial charge in [0, 0.05) is 28.7 Å². The van der Waals surface area contributed by atoms with E-state index in [2.05, 4.69) is 12.6 Å². The van der Waals surface area contributed by atoms with Gasteiger partial charge in [-0.2, -0.15) is 0 Å². The van der Waals surface area contributed by atoms with Gasteiger partial charge in [0.15, 0.2) is 11.3 Å². The van der Waals surface area contributed by atoms with E-state index in [1.54, 1.807) is 39.0 Å². The summed E-state index contributed by atoms with van der Waals surface area (Å²) in [6.07, 6.45) is 3.28. The number of ether oxygens (including phenoxy) is 2. The molecule has 1 heterocycles. The molecule has 5 rings (SSSR count). The summed E-state index contributed by atoms with van der Waals surface area (Å²) >= 11 is 4.10. The number of aliphatic hydroxyl groups is 1. The lowest BCUT2D eigenvalue weighted by atomic mass is 9.44. The Morgan fingerprint density at radius 1 is 1.26 bits per heavy atom. The van der Waals surface area contributed by atoms with Gasteiger partial charge in [0.1, 0.15) is 6.17 Å². The van der Waals surface area contributed by atoms with E-state index in [4.69, 9.17) is 9.47 Å². The van der Waals surface area contributed by atoms with Crippen LogP contribution >= 0.6 is 12.6 Å². The molecule has 3 saturated carbocycles. The molecule has 4 aliphatic carbocycles. The number of esters is 1. The molecule has 6 nitrogen and oxygen atoms in total. The van der Waals surface area contributed by atoms with Crippen LogP contribution in [-0.2, 0) is 23.9 Å². The molecule has 3 fully saturated rings. The quantitative estimate of drug-likeness (QED) is 0.262. The van der Waals surface area contributed by atoms with Crippen molar-refractivity contribution >= 4 is 29.5 Å². The first-order valence-corrected chi connectivity index (χ1v) is 12.5. The second-order valence-electron chi connectivity index (χ2n) is 11.1. The van der Waals surface area contributed by atoms with Crippen LogP contribution in [0.4, 0.5) is 8.78 Å². The largest absolute Gasteiger partial charge is 0.478 e. The lowest BCUT2D eigenvalue weighted by Gasteiger charge is -2.63. The highest BCUT2D eigenvalue weighted by atomic mass is 32.1. The Bertz CT molecular complexity index is 1090. The van der Waals surface area contributed by atoms with E-state index >= 15 is 8.78 Å². The van der Waals surface area contributed by atoms with Crippen LogP contribution in [0.25, 0.3) is 0 Å². The van der Waals surface area contributed by atoms with Crippen LogP contribution in [0.5, 0.6) is 0 Å². The number of thiol groups is 1. The lowest BCUT2D eigenvalue weighted by Crippen LogP contribution is -2.70. The van der Waals surface area contributed by atoms with Crippen molar-refractivity contribution in [1.82, 2.24) is 0 Å². The van der Waals surface area contributed by atoms with Crippen molar-refractivity contribution in [2.45, 2.75) is 76.1 Å². The zero-order valence-electron chi connectivity index (χ0n) is 19.9. The average Bonchev–Trinajstić information content (AvgIpc) is 3.31. The molecule has 35 heavy (non-hydrogen) atoms. The van der Waals surface area contributed by atoms with Gasteiger partial charge in [-0.15, -0.1) is 12.6 Å². The molecule has 190 valence electrons. The number of aliphatic hydroxyl groups excluding tert-OH is 1. The predicted molar refractivity (Wildman–Crippen MR) is 125 cm³/mol. The number of ketones is 1. The number of allylic oxidation sites excluding steroid dienone is 4. The third kappa shape index (κ3) is 2.88. The summed E-state index contributed by atoms with van der Waals surface area (Å²) in [4.78, 5) is 38.2. The molecule has 0 amide bonds. The Kier molecular flexibility index (Phi) is 5.46. The van der Waals surface area contributed by atoms with Crippen LogP contribution < -0.4 is 0 Å². The van der Waals surface area contributed by atoms with Crippen LogP contribution in [0.2, 0.25) is 0 Å². The SMILES string of the molecule is C[C@@H]1C[C@H]2[C@@H]3C[C@H](F)C4=CCC=C[C@]4(C)[C@@]3(F)[C@@H](O)C[C@]2(C)[C@@]1(OC(=O)C1OC=CC1=O)C(=O)S. The molecule has 0 radical (unpaired) electrons. The molecule has 0 aromatic rings. The molecule has 0 aromatic carbocycles. The summed E-state index contributed by atoms with van der Waals surface area (Å²) in [5.41, 5.74) is -6.25. The number of alkyl halides is 2. The maximum absolute atomic E-state index is 17.3. The molecule has 0 bridgehead atoms. The van der Waals surface area contributed by atoms with Crippen molar-refractivity contribution in [3.05, 3.63) is 36.1 Å². The van der Waals surface area contributed by atoms with Gasteiger partial charge < -0.3 is 14.6 Å². The summed E-state index contributed by atoms with van der Waals surface area (Å²) in [7, 11) is 0. The van der Waals surface area contributed by atoms with Gasteiger partial charge in [0.2, 0.25) is 10.9 Å². The fraction of sp³-hybridized carbons (Fsp3) is 0.654. The summed E-state index contributed by atoms with van der Waals surface area (Å²) in [5, 5.41) is 10.7. The van der Waals surface area contributed by atoms with Gasteiger partial charge in [-0.3, -0.25) is 9.59 Å². The second-order valence-corrected chi connectivity index (χ2v) is 11.5. The van der Waals surface area contributed by atoms with Gasteiger partial charge in [-0.25, -0.2) is 13.6 Å². The fourth-order valence-electron chi connectivity index (χ4n) is 8.11. The topological polar surface area (TPSA) is 89.9 Å². The monoisotopic (exact) mass is 508 g/mol. The summed E-state index contributed by atoms with van der Waals surface area (Å²) in [5.74, 6) is -3.78. The van der Waals surface area contributed by atoms with Gasteiger partial charge in [0.05, 0.1) is 12.4 Å². The molecular weight excluding hydrogens is 478 g/mol. The van der Waals surface area contributed by atoms with Crippen LogP contribution in [-0.4, -0.2) is 51.6 Å². The number of hydrogen-bond acceptors (Lipinski definition) is 6. The minimum absolute atomic E-state index is 0.144. The molecule has 5 aliphatic rings. The van der Waals surface area contributed by atoms with Gasteiger partial charge >= 0.3 is 5.97 Å². The van der Waals surface area contributed by atoms with Crippen molar-refractivity contribution in [2.24, 2.45) is 28.6 Å². The minimum atomic E-state index is -2.17. The maximum atomic E-state index is 17.3. The Balaban J connectivity index is 1.59. The Morgan fingerprint density at radius 3 is 2.60 bits per heavy atom. The van der Waals surface area contributed by atoms with Crippen LogP contribution in [0.3, 0.4) is 0 Å². The second kappa shape index (κ2) is 7.75. The standard InChI is InChI=1S/C26H30F2O6S/c1-13-10-15-16-11-17(27)14-6-4-5-8-23(14,2)25(16,28)19(30)12-24(15,3)26(13,22(32)35)34-21(31)20-18(29)7-9-33-20/h5-9,13,15-17,19-20,30H,4,10-12H2,1-3H3,(H,32,35)/t13-,15+,16+,17+,19+,20?,23+,24+,25+,26+/m1/s1. The van der Waals surface area contributed by atoms with E-state index in [-0.39, 0.29) is 19.3 Å². The summed E-state index contributed by atoms with van der Waals surface area (Å²) < 4.78 is 43.7. The minimum Gasteiger partial charge on any atom is -0.478 e. The van der Waals surface area contributed by atoms with Gasteiger partial charge in [-0.05, 0) is 44.1 Å². The van der Waals surface area contributed by atoms with Crippen LogP contribution in [0, 0.1) is 28.6 Å². The molecule has 1 aliphatic heterocycles. The first-order valence-electron chi connectivity index (χ1n) is 12.1. The van der Waals surface area contributed by atoms with E-state index in [1.165, 1.54) is 0 Å². The predicted octanol–water partition coefficient (Wildman–Crippen LogP) is 3.59. The zero-order valence-corrected chi connectivity index (χ0v) is 20.8. The first kappa shape index (κ1) is 24.7. The third-order valence-corrected chi connectivity index (χ3v) is 10.0. The smallest absolute Gasteiger partial charge is 0.356 e. The molecular formula is C26H30F2O6S.